The Bertz CT molecular complexity index is 4350. The van der Waals surface area contributed by atoms with Gasteiger partial charge < -0.3 is 8.98 Å². The standard InChI is InChI=1S/C65H40N4O/c1-4-18-41(19-5-1)45-27-16-28-48(36-45)54-39-55(65-67-63(44-23-8-3-9-24-44)66-64(68-65)52-32-17-31-51-50-30-14-15-33-60(50)70-62(51)52)53(42-20-6-2-7-21-42)40-59(54)69-57-35-34-43-22-12-13-29-49(43)61(57)56-37-46-25-10-11-26-47(46)38-58(56)69/h1-40H. The van der Waals surface area contributed by atoms with Gasteiger partial charge >= 0.3 is 0 Å². The predicted molar refractivity (Wildman–Crippen MR) is 289 cm³/mol. The predicted octanol–water partition coefficient (Wildman–Crippen LogP) is 17.2. The molecule has 14 aromatic rings. The monoisotopic (exact) mass is 892 g/mol. The SMILES string of the molecule is c1ccc(-c2cccc(-c3cc(-c4nc(-c5ccccc5)nc(-c5cccc6c5oc5ccccc56)n4)c(-c4ccccc4)cc3-n3c4cc5ccccc5cc4c4c5ccccc5ccc43)c2)cc1. The maximum Gasteiger partial charge on any atom is 0.167 e. The molecule has 0 N–H and O–H groups in total. The molecule has 0 fully saturated rings. The molecule has 0 aliphatic carbocycles. The van der Waals surface area contributed by atoms with Crippen LogP contribution in [0.3, 0.4) is 0 Å². The summed E-state index contributed by atoms with van der Waals surface area (Å²) in [5.74, 6) is 1.66. The van der Waals surface area contributed by atoms with Gasteiger partial charge in [-0.15, -0.1) is 0 Å². The molecule has 5 nitrogen and oxygen atoms in total. The van der Waals surface area contributed by atoms with Crippen molar-refractivity contribution in [2.24, 2.45) is 0 Å². The molecule has 0 bridgehead atoms. The fourth-order valence-corrected chi connectivity index (χ4v) is 10.5. The molecule has 326 valence electrons. The molecule has 0 aliphatic rings. The van der Waals surface area contributed by atoms with E-state index in [1.807, 2.05) is 36.4 Å². The molecule has 0 aliphatic heterocycles. The molecule has 14 rings (SSSR count). The van der Waals surface area contributed by atoms with Crippen LogP contribution in [-0.2, 0) is 0 Å². The molecule has 0 saturated heterocycles. The highest BCUT2D eigenvalue weighted by atomic mass is 16.3. The maximum atomic E-state index is 6.62. The number of furan rings is 1. The summed E-state index contributed by atoms with van der Waals surface area (Å²) >= 11 is 0. The zero-order valence-corrected chi connectivity index (χ0v) is 37.8. The maximum absolute atomic E-state index is 6.62. The van der Waals surface area contributed by atoms with Gasteiger partial charge in [0.05, 0.1) is 22.3 Å². The smallest absolute Gasteiger partial charge is 0.167 e. The molecule has 0 atom stereocenters. The number of hydrogen-bond acceptors (Lipinski definition) is 4. The zero-order valence-electron chi connectivity index (χ0n) is 37.8. The largest absolute Gasteiger partial charge is 0.455 e. The van der Waals surface area contributed by atoms with Crippen molar-refractivity contribution >= 4 is 65.3 Å². The van der Waals surface area contributed by atoms with Crippen LogP contribution in [0.2, 0.25) is 0 Å². The summed E-state index contributed by atoms with van der Waals surface area (Å²) in [7, 11) is 0. The summed E-state index contributed by atoms with van der Waals surface area (Å²) in [5, 5.41) is 9.30. The number of aromatic nitrogens is 4. The Kier molecular flexibility index (Phi) is 9.14. The molecule has 11 aromatic carbocycles. The van der Waals surface area contributed by atoms with E-state index in [1.54, 1.807) is 0 Å². The quantitative estimate of drug-likeness (QED) is 0.160. The van der Waals surface area contributed by atoms with Crippen LogP contribution in [0, 0.1) is 0 Å². The van der Waals surface area contributed by atoms with E-state index < -0.39 is 0 Å². The van der Waals surface area contributed by atoms with Crippen LogP contribution < -0.4 is 0 Å². The highest BCUT2D eigenvalue weighted by Crippen LogP contribution is 2.46. The van der Waals surface area contributed by atoms with E-state index in [1.165, 1.54) is 32.3 Å². The van der Waals surface area contributed by atoms with Gasteiger partial charge in [-0.1, -0.05) is 194 Å². The third-order valence-corrected chi connectivity index (χ3v) is 13.8. The van der Waals surface area contributed by atoms with Crippen molar-refractivity contribution in [2.45, 2.75) is 0 Å². The van der Waals surface area contributed by atoms with E-state index in [2.05, 4.69) is 211 Å². The second-order valence-corrected chi connectivity index (χ2v) is 17.9. The van der Waals surface area contributed by atoms with E-state index in [0.29, 0.717) is 17.5 Å². The Morgan fingerprint density at radius 3 is 1.67 bits per heavy atom. The van der Waals surface area contributed by atoms with Gasteiger partial charge in [0.15, 0.2) is 17.5 Å². The van der Waals surface area contributed by atoms with Gasteiger partial charge in [-0.2, -0.15) is 0 Å². The number of benzene rings is 11. The average Bonchev–Trinajstić information content (AvgIpc) is 3.98. The lowest BCUT2D eigenvalue weighted by molar-refractivity contribution is 0.669. The zero-order chi connectivity index (χ0) is 46.1. The highest BCUT2D eigenvalue weighted by Gasteiger charge is 2.25. The molecular formula is C65H40N4O. The summed E-state index contributed by atoms with van der Waals surface area (Å²) in [5.41, 5.74) is 13.9. The van der Waals surface area contributed by atoms with Crippen molar-refractivity contribution in [1.29, 1.82) is 0 Å². The van der Waals surface area contributed by atoms with Crippen LogP contribution in [0.15, 0.2) is 247 Å². The molecule has 0 radical (unpaired) electrons. The van der Waals surface area contributed by atoms with Crippen LogP contribution >= 0.6 is 0 Å². The first-order valence-corrected chi connectivity index (χ1v) is 23.7. The van der Waals surface area contributed by atoms with Gasteiger partial charge in [-0.3, -0.25) is 0 Å². The topological polar surface area (TPSA) is 56.7 Å². The summed E-state index contributed by atoms with van der Waals surface area (Å²) in [6.45, 7) is 0. The Hall–Kier alpha value is -9.45. The Morgan fingerprint density at radius 1 is 0.300 bits per heavy atom. The first-order chi connectivity index (χ1) is 34.7. The molecule has 0 amide bonds. The Balaban J connectivity index is 1.12. The van der Waals surface area contributed by atoms with E-state index >= 15 is 0 Å². The lowest BCUT2D eigenvalue weighted by atomic mass is 9.91. The first-order valence-electron chi connectivity index (χ1n) is 23.7. The molecular weight excluding hydrogens is 853 g/mol. The van der Waals surface area contributed by atoms with E-state index in [-0.39, 0.29) is 0 Å². The molecule has 0 spiro atoms. The van der Waals surface area contributed by atoms with Gasteiger partial charge in [0.1, 0.15) is 11.2 Å². The van der Waals surface area contributed by atoms with Gasteiger partial charge in [0, 0.05) is 38.2 Å². The van der Waals surface area contributed by atoms with Crippen molar-refractivity contribution in [1.82, 2.24) is 19.5 Å². The van der Waals surface area contributed by atoms with E-state index in [4.69, 9.17) is 19.4 Å². The molecule has 0 unspecified atom stereocenters. The number of nitrogens with zero attached hydrogens (tertiary/aromatic N) is 4. The third kappa shape index (κ3) is 6.51. The van der Waals surface area contributed by atoms with Crippen LogP contribution in [0.5, 0.6) is 0 Å². The summed E-state index contributed by atoms with van der Waals surface area (Å²) < 4.78 is 9.11. The van der Waals surface area contributed by atoms with E-state index in [9.17, 15) is 0 Å². The van der Waals surface area contributed by atoms with Gasteiger partial charge in [0.25, 0.3) is 0 Å². The molecule has 5 heteroatoms. The van der Waals surface area contributed by atoms with Crippen LogP contribution in [0.4, 0.5) is 0 Å². The van der Waals surface area contributed by atoms with Gasteiger partial charge in [0.2, 0.25) is 0 Å². The van der Waals surface area contributed by atoms with Crippen molar-refractivity contribution in [3.05, 3.63) is 243 Å². The van der Waals surface area contributed by atoms with Crippen molar-refractivity contribution in [3.63, 3.8) is 0 Å². The highest BCUT2D eigenvalue weighted by molar-refractivity contribution is 6.23. The second kappa shape index (κ2) is 16.1. The van der Waals surface area contributed by atoms with Crippen molar-refractivity contribution in [2.75, 3.05) is 0 Å². The Labute approximate surface area is 403 Å². The fraction of sp³-hybridized carbons (Fsp3) is 0. The Morgan fingerprint density at radius 2 is 0.886 bits per heavy atom. The third-order valence-electron chi connectivity index (χ3n) is 13.8. The lowest BCUT2D eigenvalue weighted by Crippen LogP contribution is -2.04. The fourth-order valence-electron chi connectivity index (χ4n) is 10.5. The number of hydrogen-bond donors (Lipinski definition) is 0. The van der Waals surface area contributed by atoms with Crippen molar-refractivity contribution in [3.8, 4) is 73.2 Å². The molecule has 0 saturated carbocycles. The summed E-state index contributed by atoms with van der Waals surface area (Å²) in [6.07, 6.45) is 0. The summed E-state index contributed by atoms with van der Waals surface area (Å²) in [4.78, 5) is 16.1. The van der Waals surface area contributed by atoms with E-state index in [0.717, 1.165) is 88.7 Å². The lowest BCUT2D eigenvalue weighted by Gasteiger charge is -2.20. The molecule has 70 heavy (non-hydrogen) atoms. The molecule has 3 aromatic heterocycles. The molecule has 3 heterocycles. The van der Waals surface area contributed by atoms with Crippen molar-refractivity contribution < 1.29 is 4.42 Å². The van der Waals surface area contributed by atoms with Crippen LogP contribution in [0.1, 0.15) is 0 Å². The minimum Gasteiger partial charge on any atom is -0.455 e. The number of rotatable bonds is 7. The average molecular weight is 893 g/mol. The van der Waals surface area contributed by atoms with Gasteiger partial charge in [-0.25, -0.2) is 15.0 Å². The number of para-hydroxylation sites is 2. The minimum absolute atomic E-state index is 0.533. The normalized spacial score (nSPS) is 11.7. The number of fused-ring (bicyclic) bond motifs is 9. The minimum atomic E-state index is 0.533. The summed E-state index contributed by atoms with van der Waals surface area (Å²) in [6, 6.07) is 86.1. The second-order valence-electron chi connectivity index (χ2n) is 17.9. The van der Waals surface area contributed by atoms with Crippen LogP contribution in [-0.4, -0.2) is 19.5 Å². The first kappa shape index (κ1) is 39.7. The van der Waals surface area contributed by atoms with Crippen LogP contribution in [0.25, 0.3) is 139 Å². The van der Waals surface area contributed by atoms with Gasteiger partial charge in [-0.05, 0) is 97.9 Å².